The van der Waals surface area contributed by atoms with E-state index in [9.17, 15) is 9.59 Å². The number of nitrogens with zero attached hydrogens (tertiary/aromatic N) is 3. The van der Waals surface area contributed by atoms with Crippen LogP contribution in [0.3, 0.4) is 0 Å². The molecule has 1 aliphatic heterocycles. The molecule has 1 fully saturated rings. The van der Waals surface area contributed by atoms with Gasteiger partial charge in [0.1, 0.15) is 0 Å². The van der Waals surface area contributed by atoms with Gasteiger partial charge in [-0.05, 0) is 86.7 Å². The van der Waals surface area contributed by atoms with Crippen molar-refractivity contribution in [2.24, 2.45) is 10.9 Å². The highest BCUT2D eigenvalue weighted by Gasteiger charge is 2.38. The van der Waals surface area contributed by atoms with Gasteiger partial charge in [-0.15, -0.1) is 0 Å². The average Bonchev–Trinajstić information content (AvgIpc) is 3.07. The highest BCUT2D eigenvalue weighted by molar-refractivity contribution is 9.10. The Labute approximate surface area is 193 Å². The van der Waals surface area contributed by atoms with Gasteiger partial charge in [-0.25, -0.2) is 0 Å². The fourth-order valence-corrected chi connectivity index (χ4v) is 4.04. The first kappa shape index (κ1) is 21.1. The predicted molar refractivity (Wildman–Crippen MR) is 129 cm³/mol. The highest BCUT2D eigenvalue weighted by Crippen LogP contribution is 2.24. The molecular weight excluding hydrogens is 476 g/mol. The number of carbonyl (C=O) groups excluding carboxylic acids is 2. The van der Waals surface area contributed by atoms with Crippen LogP contribution in [0.25, 0.3) is 5.69 Å². The van der Waals surface area contributed by atoms with Gasteiger partial charge in [-0.3, -0.25) is 19.5 Å². The number of rotatable bonds is 4. The van der Waals surface area contributed by atoms with E-state index in [4.69, 9.17) is 12.2 Å². The molecule has 3 aromatic rings. The molecule has 1 aliphatic rings. The SMILES string of the molecule is Cc1ccc(C)n1-c1ccc(N=C[C@@H]2C(=O)NC(=S)N(c3ccc(Br)cc3)C2=O)cc1. The number of hydrogen-bond donors (Lipinski definition) is 1. The van der Waals surface area contributed by atoms with Gasteiger partial charge in [0.25, 0.3) is 5.91 Å². The van der Waals surface area contributed by atoms with Gasteiger partial charge in [0.05, 0.1) is 11.4 Å². The molecule has 2 aromatic carbocycles. The highest BCUT2D eigenvalue weighted by atomic mass is 79.9. The zero-order valence-corrected chi connectivity index (χ0v) is 19.3. The third kappa shape index (κ3) is 4.22. The molecule has 0 spiro atoms. The van der Waals surface area contributed by atoms with E-state index >= 15 is 0 Å². The Balaban J connectivity index is 1.56. The zero-order valence-electron chi connectivity index (χ0n) is 16.9. The van der Waals surface area contributed by atoms with E-state index in [-0.39, 0.29) is 5.11 Å². The van der Waals surface area contributed by atoms with Crippen LogP contribution in [0.15, 0.2) is 70.1 Å². The number of amides is 2. The maximum absolute atomic E-state index is 13.0. The number of aliphatic imine (C=N–C) groups is 1. The number of aryl methyl sites for hydroxylation is 2. The lowest BCUT2D eigenvalue weighted by Gasteiger charge is -2.30. The lowest BCUT2D eigenvalue weighted by Crippen LogP contribution is -2.58. The third-order valence-corrected chi connectivity index (χ3v) is 5.85. The van der Waals surface area contributed by atoms with Crippen molar-refractivity contribution < 1.29 is 9.59 Å². The Morgan fingerprint density at radius 1 is 0.935 bits per heavy atom. The van der Waals surface area contributed by atoms with Crippen LogP contribution in [-0.4, -0.2) is 27.7 Å². The summed E-state index contributed by atoms with van der Waals surface area (Å²) in [6, 6.07) is 18.9. The number of anilines is 1. The smallest absolute Gasteiger partial charge is 0.251 e. The van der Waals surface area contributed by atoms with Crippen molar-refractivity contribution in [2.45, 2.75) is 13.8 Å². The summed E-state index contributed by atoms with van der Waals surface area (Å²) < 4.78 is 3.02. The van der Waals surface area contributed by atoms with Gasteiger partial charge >= 0.3 is 0 Å². The van der Waals surface area contributed by atoms with Crippen molar-refractivity contribution >= 4 is 62.7 Å². The molecule has 1 saturated heterocycles. The molecule has 1 atom stereocenters. The van der Waals surface area contributed by atoms with E-state index < -0.39 is 17.7 Å². The van der Waals surface area contributed by atoms with E-state index in [2.05, 4.69) is 42.9 Å². The Morgan fingerprint density at radius 3 is 2.13 bits per heavy atom. The minimum atomic E-state index is -1.07. The number of aromatic nitrogens is 1. The van der Waals surface area contributed by atoms with Gasteiger partial charge in [-0.1, -0.05) is 15.9 Å². The fourth-order valence-electron chi connectivity index (χ4n) is 3.48. The lowest BCUT2D eigenvalue weighted by molar-refractivity contribution is -0.130. The second-order valence-corrected chi connectivity index (χ2v) is 8.47. The largest absolute Gasteiger partial charge is 0.319 e. The van der Waals surface area contributed by atoms with E-state index in [1.165, 1.54) is 11.1 Å². The molecule has 4 rings (SSSR count). The fraction of sp³-hybridized carbons (Fsp3) is 0.130. The normalized spacial score (nSPS) is 16.8. The maximum Gasteiger partial charge on any atom is 0.251 e. The average molecular weight is 495 g/mol. The number of thiocarbonyl (C=S) groups is 1. The molecule has 6 nitrogen and oxygen atoms in total. The number of nitrogens with one attached hydrogen (secondary N) is 1. The number of carbonyl (C=O) groups is 2. The Bertz CT molecular complexity index is 1180. The molecule has 156 valence electrons. The molecule has 0 unspecified atom stereocenters. The van der Waals surface area contributed by atoms with Gasteiger partial charge < -0.3 is 9.88 Å². The first-order valence-corrected chi connectivity index (χ1v) is 10.8. The monoisotopic (exact) mass is 494 g/mol. The molecule has 1 aromatic heterocycles. The Kier molecular flexibility index (Phi) is 5.84. The number of benzene rings is 2. The molecular formula is C23H19BrN4O2S. The summed E-state index contributed by atoms with van der Waals surface area (Å²) in [4.78, 5) is 31.1. The predicted octanol–water partition coefficient (Wildman–Crippen LogP) is 4.62. The van der Waals surface area contributed by atoms with Crippen molar-refractivity contribution in [2.75, 3.05) is 4.90 Å². The van der Waals surface area contributed by atoms with Crippen molar-refractivity contribution in [3.8, 4) is 5.69 Å². The van der Waals surface area contributed by atoms with Gasteiger partial charge in [0.2, 0.25) is 5.91 Å². The molecule has 8 heteroatoms. The summed E-state index contributed by atoms with van der Waals surface area (Å²) >= 11 is 8.58. The molecule has 0 bridgehead atoms. The molecule has 2 heterocycles. The van der Waals surface area contributed by atoms with Crippen molar-refractivity contribution in [1.29, 1.82) is 0 Å². The van der Waals surface area contributed by atoms with Gasteiger partial charge in [-0.2, -0.15) is 0 Å². The minimum absolute atomic E-state index is 0.0591. The van der Waals surface area contributed by atoms with E-state index in [1.54, 1.807) is 24.3 Å². The van der Waals surface area contributed by atoms with Crippen molar-refractivity contribution in [1.82, 2.24) is 9.88 Å². The second-order valence-electron chi connectivity index (χ2n) is 7.17. The maximum atomic E-state index is 13.0. The standard InChI is InChI=1S/C23H19BrN4O2S/c1-14-3-4-15(2)27(14)18-11-7-17(8-12-18)25-13-20-21(29)26-23(31)28(22(20)30)19-9-5-16(24)6-10-19/h3-13,20H,1-2H3,(H,26,29,31)/t20-/m1/s1. The van der Waals surface area contributed by atoms with Crippen LogP contribution in [-0.2, 0) is 9.59 Å². The summed E-state index contributed by atoms with van der Waals surface area (Å²) in [6.07, 6.45) is 1.37. The second kappa shape index (κ2) is 8.56. The first-order valence-electron chi connectivity index (χ1n) is 9.59. The molecule has 0 aliphatic carbocycles. The summed E-state index contributed by atoms with van der Waals surface area (Å²) in [5.41, 5.74) is 4.54. The summed E-state index contributed by atoms with van der Waals surface area (Å²) in [5.74, 6) is -1.98. The summed E-state index contributed by atoms with van der Waals surface area (Å²) in [7, 11) is 0. The summed E-state index contributed by atoms with van der Waals surface area (Å²) in [5, 5.41) is 2.65. The summed E-state index contributed by atoms with van der Waals surface area (Å²) in [6.45, 7) is 4.10. The Morgan fingerprint density at radius 2 is 1.52 bits per heavy atom. The van der Waals surface area contributed by atoms with Crippen molar-refractivity contribution in [3.05, 3.63) is 76.5 Å². The van der Waals surface area contributed by atoms with E-state index in [0.717, 1.165) is 21.5 Å². The lowest BCUT2D eigenvalue weighted by atomic mass is 10.1. The minimum Gasteiger partial charge on any atom is -0.319 e. The number of halogens is 1. The van der Waals surface area contributed by atoms with Crippen LogP contribution >= 0.6 is 28.1 Å². The van der Waals surface area contributed by atoms with E-state index in [0.29, 0.717) is 11.4 Å². The molecule has 0 radical (unpaired) electrons. The molecule has 1 N–H and O–H groups in total. The molecule has 0 saturated carbocycles. The zero-order chi connectivity index (χ0) is 22.1. The van der Waals surface area contributed by atoms with Crippen LogP contribution in [0.1, 0.15) is 11.4 Å². The third-order valence-electron chi connectivity index (χ3n) is 5.04. The van der Waals surface area contributed by atoms with Crippen LogP contribution in [0, 0.1) is 19.8 Å². The Hall–Kier alpha value is -3.10. The van der Waals surface area contributed by atoms with Crippen LogP contribution < -0.4 is 10.2 Å². The molecule has 2 amide bonds. The van der Waals surface area contributed by atoms with Crippen LogP contribution in [0.4, 0.5) is 11.4 Å². The molecule has 31 heavy (non-hydrogen) atoms. The van der Waals surface area contributed by atoms with Crippen molar-refractivity contribution in [3.63, 3.8) is 0 Å². The first-order chi connectivity index (χ1) is 14.8. The van der Waals surface area contributed by atoms with Crippen LogP contribution in [0.2, 0.25) is 0 Å². The topological polar surface area (TPSA) is 66.7 Å². The number of hydrogen-bond acceptors (Lipinski definition) is 4. The van der Waals surface area contributed by atoms with Gasteiger partial charge in [0, 0.05) is 27.8 Å². The van der Waals surface area contributed by atoms with Crippen LogP contribution in [0.5, 0.6) is 0 Å². The quantitative estimate of drug-likeness (QED) is 0.326. The van der Waals surface area contributed by atoms with E-state index in [1.807, 2.05) is 38.1 Å². The van der Waals surface area contributed by atoms with Gasteiger partial charge in [0.15, 0.2) is 11.0 Å².